The molecule has 1 unspecified atom stereocenters. The van der Waals surface area contributed by atoms with Crippen molar-refractivity contribution in [2.24, 2.45) is 5.73 Å². The van der Waals surface area contributed by atoms with Gasteiger partial charge >= 0.3 is 0 Å². The maximum absolute atomic E-state index is 11.2. The fraction of sp³-hybridized carbons (Fsp3) is 0.545. The summed E-state index contributed by atoms with van der Waals surface area (Å²) < 4.78 is 0. The Balaban J connectivity index is 1.86. The van der Waals surface area contributed by atoms with Crippen LogP contribution < -0.4 is 5.73 Å². The molecule has 3 nitrogen and oxygen atoms in total. The summed E-state index contributed by atoms with van der Waals surface area (Å²) in [6, 6.07) is 4.18. The Morgan fingerprint density at radius 3 is 3.20 bits per heavy atom. The molecule has 1 aliphatic heterocycles. The maximum Gasteiger partial charge on any atom is 0.234 e. The minimum absolute atomic E-state index is 0.0232. The first kappa shape index (κ1) is 10.6. The molecule has 1 atom stereocenters. The summed E-state index contributed by atoms with van der Waals surface area (Å²) in [5, 5.41) is 2.09. The van der Waals surface area contributed by atoms with Gasteiger partial charge in [0, 0.05) is 11.4 Å². The molecule has 2 N–H and O–H groups in total. The molecule has 15 heavy (non-hydrogen) atoms. The summed E-state index contributed by atoms with van der Waals surface area (Å²) in [6.07, 6.45) is 3.05. The predicted molar refractivity (Wildman–Crippen MR) is 61.8 cm³/mol. The van der Waals surface area contributed by atoms with Gasteiger partial charge in [0.2, 0.25) is 5.91 Å². The van der Waals surface area contributed by atoms with Crippen molar-refractivity contribution >= 4 is 17.2 Å². The Hall–Kier alpha value is -0.870. The number of likely N-dealkylation sites (tertiary alicyclic amines) is 1. The lowest BCUT2D eigenvalue weighted by Crippen LogP contribution is -2.41. The van der Waals surface area contributed by atoms with E-state index in [9.17, 15) is 4.79 Å². The second kappa shape index (κ2) is 4.77. The lowest BCUT2D eigenvalue weighted by molar-refractivity contribution is -0.122. The van der Waals surface area contributed by atoms with E-state index >= 15 is 0 Å². The molecule has 2 heterocycles. The molecule has 2 rings (SSSR count). The van der Waals surface area contributed by atoms with Gasteiger partial charge in [-0.25, -0.2) is 0 Å². The van der Waals surface area contributed by atoms with Crippen molar-refractivity contribution in [1.82, 2.24) is 4.90 Å². The molecule has 1 aromatic rings. The van der Waals surface area contributed by atoms with Crippen LogP contribution in [0.15, 0.2) is 17.5 Å². The number of thiophene rings is 1. The third-order valence-electron chi connectivity index (χ3n) is 2.92. The third-order valence-corrected chi connectivity index (χ3v) is 3.85. The van der Waals surface area contributed by atoms with Gasteiger partial charge in [-0.1, -0.05) is 6.07 Å². The molecule has 1 saturated heterocycles. The van der Waals surface area contributed by atoms with Crippen molar-refractivity contribution in [3.05, 3.63) is 22.4 Å². The predicted octanol–water partition coefficient (Wildman–Crippen LogP) is 1.24. The van der Waals surface area contributed by atoms with Crippen LogP contribution in [0.5, 0.6) is 0 Å². The van der Waals surface area contributed by atoms with Crippen molar-refractivity contribution in [3.63, 3.8) is 0 Å². The smallest absolute Gasteiger partial charge is 0.234 e. The van der Waals surface area contributed by atoms with E-state index in [-0.39, 0.29) is 11.9 Å². The van der Waals surface area contributed by atoms with Crippen molar-refractivity contribution in [1.29, 1.82) is 0 Å². The van der Waals surface area contributed by atoms with Gasteiger partial charge in [0.05, 0.1) is 6.04 Å². The van der Waals surface area contributed by atoms with Gasteiger partial charge in [0.15, 0.2) is 0 Å². The van der Waals surface area contributed by atoms with Crippen LogP contribution >= 0.6 is 11.3 Å². The SMILES string of the molecule is NC(=O)C1CCCN1CCc1cccs1. The summed E-state index contributed by atoms with van der Waals surface area (Å²) in [7, 11) is 0. The molecule has 1 fully saturated rings. The first-order chi connectivity index (χ1) is 7.27. The zero-order valence-corrected chi connectivity index (χ0v) is 9.50. The normalized spacial score (nSPS) is 22.0. The van der Waals surface area contributed by atoms with Gasteiger partial charge in [0.25, 0.3) is 0 Å². The Labute approximate surface area is 93.9 Å². The van der Waals surface area contributed by atoms with Crippen LogP contribution in [-0.2, 0) is 11.2 Å². The van der Waals surface area contributed by atoms with Gasteiger partial charge < -0.3 is 5.73 Å². The second-order valence-electron chi connectivity index (χ2n) is 3.93. The van der Waals surface area contributed by atoms with E-state index in [0.717, 1.165) is 32.4 Å². The van der Waals surface area contributed by atoms with Crippen LogP contribution in [0.4, 0.5) is 0 Å². The van der Waals surface area contributed by atoms with E-state index in [1.54, 1.807) is 11.3 Å². The number of primary amides is 1. The number of nitrogens with zero attached hydrogens (tertiary/aromatic N) is 1. The van der Waals surface area contributed by atoms with Crippen LogP contribution in [0.1, 0.15) is 17.7 Å². The number of hydrogen-bond donors (Lipinski definition) is 1. The van der Waals surface area contributed by atoms with Crippen molar-refractivity contribution in [2.75, 3.05) is 13.1 Å². The first-order valence-electron chi connectivity index (χ1n) is 5.33. The zero-order valence-electron chi connectivity index (χ0n) is 8.69. The van der Waals surface area contributed by atoms with Crippen LogP contribution in [0, 0.1) is 0 Å². The lowest BCUT2D eigenvalue weighted by Gasteiger charge is -2.21. The van der Waals surface area contributed by atoms with Crippen LogP contribution in [0.25, 0.3) is 0 Å². The average Bonchev–Trinajstić information content (AvgIpc) is 2.86. The summed E-state index contributed by atoms with van der Waals surface area (Å²) in [5.41, 5.74) is 5.36. The Bertz CT molecular complexity index is 323. The fourth-order valence-corrected chi connectivity index (χ4v) is 2.82. The van der Waals surface area contributed by atoms with Gasteiger partial charge in [-0.05, 0) is 37.3 Å². The molecule has 0 radical (unpaired) electrons. The van der Waals surface area contributed by atoms with E-state index in [0.29, 0.717) is 0 Å². The molecule has 0 spiro atoms. The summed E-state index contributed by atoms with van der Waals surface area (Å²) >= 11 is 1.77. The molecule has 1 amide bonds. The van der Waals surface area contributed by atoms with Gasteiger partial charge in [0.1, 0.15) is 0 Å². The Morgan fingerprint density at radius 1 is 1.67 bits per heavy atom. The monoisotopic (exact) mass is 224 g/mol. The summed E-state index contributed by atoms with van der Waals surface area (Å²) in [5.74, 6) is -0.168. The van der Waals surface area contributed by atoms with E-state index in [4.69, 9.17) is 5.73 Å². The molecule has 0 bridgehead atoms. The summed E-state index contributed by atoms with van der Waals surface area (Å²) in [6.45, 7) is 1.97. The van der Waals surface area contributed by atoms with Crippen LogP contribution in [0.2, 0.25) is 0 Å². The molecule has 82 valence electrons. The highest BCUT2D eigenvalue weighted by atomic mass is 32.1. The zero-order chi connectivity index (χ0) is 10.7. The molecule has 1 aliphatic rings. The second-order valence-corrected chi connectivity index (χ2v) is 4.96. The molecular weight excluding hydrogens is 208 g/mol. The van der Waals surface area contributed by atoms with Crippen molar-refractivity contribution in [2.45, 2.75) is 25.3 Å². The van der Waals surface area contributed by atoms with Crippen molar-refractivity contribution in [3.8, 4) is 0 Å². The highest BCUT2D eigenvalue weighted by molar-refractivity contribution is 7.09. The van der Waals surface area contributed by atoms with E-state index in [1.165, 1.54) is 4.88 Å². The third kappa shape index (κ3) is 2.58. The fourth-order valence-electron chi connectivity index (χ4n) is 2.12. The summed E-state index contributed by atoms with van der Waals surface area (Å²) in [4.78, 5) is 14.7. The highest BCUT2D eigenvalue weighted by Gasteiger charge is 2.28. The topological polar surface area (TPSA) is 46.3 Å². The molecule has 1 aromatic heterocycles. The standard InChI is InChI=1S/C11H16N2OS/c12-11(14)10-4-1-6-13(10)7-5-9-3-2-8-15-9/h2-3,8,10H,1,4-7H2,(H2,12,14). The van der Waals surface area contributed by atoms with E-state index in [2.05, 4.69) is 22.4 Å². The molecular formula is C11H16N2OS. The van der Waals surface area contributed by atoms with Gasteiger partial charge in [-0.3, -0.25) is 9.69 Å². The van der Waals surface area contributed by atoms with Crippen LogP contribution in [-0.4, -0.2) is 29.9 Å². The van der Waals surface area contributed by atoms with Crippen LogP contribution in [0.3, 0.4) is 0 Å². The average molecular weight is 224 g/mol. The first-order valence-corrected chi connectivity index (χ1v) is 6.21. The van der Waals surface area contributed by atoms with Crippen molar-refractivity contribution < 1.29 is 4.79 Å². The highest BCUT2D eigenvalue weighted by Crippen LogP contribution is 2.18. The molecule has 0 aromatic carbocycles. The number of hydrogen-bond acceptors (Lipinski definition) is 3. The minimum Gasteiger partial charge on any atom is -0.368 e. The number of carbonyl (C=O) groups excluding carboxylic acids is 1. The maximum atomic E-state index is 11.2. The van der Waals surface area contributed by atoms with Gasteiger partial charge in [-0.15, -0.1) is 11.3 Å². The minimum atomic E-state index is -0.168. The van der Waals surface area contributed by atoms with E-state index in [1.807, 2.05) is 0 Å². The number of amides is 1. The Kier molecular flexibility index (Phi) is 3.38. The lowest BCUT2D eigenvalue weighted by atomic mass is 10.2. The van der Waals surface area contributed by atoms with E-state index < -0.39 is 0 Å². The molecule has 0 saturated carbocycles. The van der Waals surface area contributed by atoms with Gasteiger partial charge in [-0.2, -0.15) is 0 Å². The largest absolute Gasteiger partial charge is 0.368 e. The molecule has 4 heteroatoms. The molecule has 0 aliphatic carbocycles. The number of carbonyl (C=O) groups is 1. The quantitative estimate of drug-likeness (QED) is 0.836. The number of rotatable bonds is 4. The number of nitrogens with two attached hydrogens (primary N) is 1. The Morgan fingerprint density at radius 2 is 2.53 bits per heavy atom.